The average Bonchev–Trinajstić information content (AvgIpc) is 3.45. The highest BCUT2D eigenvalue weighted by molar-refractivity contribution is 7.99. The molecule has 0 spiro atoms. The molecule has 2 heterocycles. The Bertz CT molecular complexity index is 1090. The Balaban J connectivity index is 1.42. The molecule has 1 aliphatic heterocycles. The van der Waals surface area contributed by atoms with Crippen LogP contribution in [0.5, 0.6) is 0 Å². The van der Waals surface area contributed by atoms with Gasteiger partial charge in [0.25, 0.3) is 5.22 Å². The van der Waals surface area contributed by atoms with Gasteiger partial charge in [0.05, 0.1) is 10.6 Å². The summed E-state index contributed by atoms with van der Waals surface area (Å²) >= 11 is 1.17. The number of benzene rings is 2. The second-order valence-electron chi connectivity index (χ2n) is 6.59. The lowest BCUT2D eigenvalue weighted by atomic mass is 10.2. The maximum absolute atomic E-state index is 12.6. The van der Waals surface area contributed by atoms with Crippen LogP contribution in [-0.2, 0) is 10.0 Å². The van der Waals surface area contributed by atoms with E-state index in [1.165, 1.54) is 16.1 Å². The highest BCUT2D eigenvalue weighted by Crippen LogP contribution is 2.26. The highest BCUT2D eigenvalue weighted by atomic mass is 32.2. The second kappa shape index (κ2) is 8.48. The van der Waals surface area contributed by atoms with Crippen LogP contribution >= 0.6 is 11.8 Å². The number of carbonyl (C=O) groups is 1. The molecule has 4 rings (SSSR count). The van der Waals surface area contributed by atoms with Crippen LogP contribution in [0.3, 0.4) is 0 Å². The molecular weight excluding hydrogens is 410 g/mol. The van der Waals surface area contributed by atoms with Gasteiger partial charge in [0.1, 0.15) is 0 Å². The predicted octanol–water partition coefficient (Wildman–Crippen LogP) is 3.50. The van der Waals surface area contributed by atoms with E-state index in [1.54, 1.807) is 36.4 Å². The zero-order valence-electron chi connectivity index (χ0n) is 15.5. The standard InChI is InChI=1S/C20H19N3O4S2/c24-18(15-6-2-1-3-7-15)14-28-20-22-21-19(27-20)16-8-10-17(11-9-16)29(25,26)23-12-4-5-13-23/h1-3,6-11H,4-5,12-14H2. The SMILES string of the molecule is O=C(CSc1nnc(-c2ccc(S(=O)(=O)N3CCCC3)cc2)o1)c1ccccc1. The minimum absolute atomic E-state index is 0.0215. The summed E-state index contributed by atoms with van der Waals surface area (Å²) in [5, 5.41) is 8.25. The molecule has 1 aliphatic rings. The zero-order chi connectivity index (χ0) is 20.3. The van der Waals surface area contributed by atoms with Gasteiger partial charge in [-0.3, -0.25) is 4.79 Å². The van der Waals surface area contributed by atoms with Gasteiger partial charge < -0.3 is 4.42 Å². The van der Waals surface area contributed by atoms with Crippen molar-refractivity contribution in [1.29, 1.82) is 0 Å². The third-order valence-corrected chi connectivity index (χ3v) is 7.36. The van der Waals surface area contributed by atoms with E-state index in [1.807, 2.05) is 18.2 Å². The topological polar surface area (TPSA) is 93.4 Å². The average molecular weight is 430 g/mol. The molecule has 0 unspecified atom stereocenters. The summed E-state index contributed by atoms with van der Waals surface area (Å²) in [5.41, 5.74) is 1.26. The van der Waals surface area contributed by atoms with Gasteiger partial charge in [-0.15, -0.1) is 10.2 Å². The molecule has 1 aromatic heterocycles. The molecule has 7 nitrogen and oxygen atoms in total. The molecule has 150 valence electrons. The van der Waals surface area contributed by atoms with Crippen LogP contribution in [0.15, 0.2) is 69.1 Å². The molecule has 1 saturated heterocycles. The monoisotopic (exact) mass is 429 g/mol. The molecule has 1 fully saturated rings. The van der Waals surface area contributed by atoms with Crippen LogP contribution in [-0.4, -0.2) is 47.5 Å². The van der Waals surface area contributed by atoms with Gasteiger partial charge in [0.2, 0.25) is 15.9 Å². The van der Waals surface area contributed by atoms with Crippen molar-refractivity contribution >= 4 is 27.6 Å². The van der Waals surface area contributed by atoms with Crippen molar-refractivity contribution in [2.45, 2.75) is 23.0 Å². The fraction of sp³-hybridized carbons (Fsp3) is 0.250. The van der Waals surface area contributed by atoms with Crippen LogP contribution < -0.4 is 0 Å². The molecule has 0 saturated carbocycles. The summed E-state index contributed by atoms with van der Waals surface area (Å²) in [6, 6.07) is 15.4. The van der Waals surface area contributed by atoms with E-state index >= 15 is 0 Å². The summed E-state index contributed by atoms with van der Waals surface area (Å²) in [6.45, 7) is 1.13. The fourth-order valence-electron chi connectivity index (χ4n) is 3.07. The van der Waals surface area contributed by atoms with E-state index in [2.05, 4.69) is 10.2 Å². The first-order valence-corrected chi connectivity index (χ1v) is 11.6. The quantitative estimate of drug-likeness (QED) is 0.419. The van der Waals surface area contributed by atoms with Crippen LogP contribution in [0.25, 0.3) is 11.5 Å². The van der Waals surface area contributed by atoms with E-state index in [0.29, 0.717) is 24.2 Å². The number of rotatable bonds is 7. The molecule has 0 radical (unpaired) electrons. The third-order valence-electron chi connectivity index (χ3n) is 4.63. The smallest absolute Gasteiger partial charge is 0.277 e. The molecule has 3 aromatic rings. The predicted molar refractivity (Wildman–Crippen MR) is 109 cm³/mol. The van der Waals surface area contributed by atoms with Crippen LogP contribution in [0, 0.1) is 0 Å². The summed E-state index contributed by atoms with van der Waals surface area (Å²) in [4.78, 5) is 12.4. The number of hydrogen-bond donors (Lipinski definition) is 0. The van der Waals surface area contributed by atoms with Crippen LogP contribution in [0.4, 0.5) is 0 Å². The highest BCUT2D eigenvalue weighted by Gasteiger charge is 2.27. The first-order chi connectivity index (χ1) is 14.0. The van der Waals surface area contributed by atoms with E-state index in [0.717, 1.165) is 12.8 Å². The van der Waals surface area contributed by atoms with Gasteiger partial charge in [0, 0.05) is 24.2 Å². The lowest BCUT2D eigenvalue weighted by Gasteiger charge is -2.15. The molecule has 0 bridgehead atoms. The Morgan fingerprint density at radius 1 is 1.00 bits per heavy atom. The van der Waals surface area contributed by atoms with Crippen molar-refractivity contribution in [2.24, 2.45) is 0 Å². The Labute approximate surface area is 173 Å². The maximum Gasteiger partial charge on any atom is 0.277 e. The largest absolute Gasteiger partial charge is 0.411 e. The summed E-state index contributed by atoms with van der Waals surface area (Å²) in [7, 11) is -3.45. The van der Waals surface area contributed by atoms with Gasteiger partial charge in [-0.25, -0.2) is 8.42 Å². The number of nitrogens with zero attached hydrogens (tertiary/aromatic N) is 3. The number of aromatic nitrogens is 2. The van der Waals surface area contributed by atoms with Crippen molar-refractivity contribution < 1.29 is 17.6 Å². The Hall–Kier alpha value is -2.49. The van der Waals surface area contributed by atoms with Gasteiger partial charge >= 0.3 is 0 Å². The van der Waals surface area contributed by atoms with E-state index in [9.17, 15) is 13.2 Å². The number of thioether (sulfide) groups is 1. The van der Waals surface area contributed by atoms with E-state index in [4.69, 9.17) is 4.42 Å². The molecule has 0 aliphatic carbocycles. The Morgan fingerprint density at radius 2 is 1.69 bits per heavy atom. The van der Waals surface area contributed by atoms with Crippen LogP contribution in [0.2, 0.25) is 0 Å². The summed E-state index contributed by atoms with van der Waals surface area (Å²) in [6.07, 6.45) is 1.79. The van der Waals surface area contributed by atoms with Crippen molar-refractivity contribution in [1.82, 2.24) is 14.5 Å². The normalized spacial score (nSPS) is 14.9. The number of ketones is 1. The molecular formula is C20H19N3O4S2. The number of hydrogen-bond acceptors (Lipinski definition) is 7. The van der Waals surface area contributed by atoms with Crippen molar-refractivity contribution in [3.63, 3.8) is 0 Å². The summed E-state index contributed by atoms with van der Waals surface area (Å²) < 4.78 is 32.3. The minimum atomic E-state index is -3.45. The first-order valence-electron chi connectivity index (χ1n) is 9.19. The van der Waals surface area contributed by atoms with Crippen molar-refractivity contribution in [3.05, 3.63) is 60.2 Å². The maximum atomic E-state index is 12.6. The Morgan fingerprint density at radius 3 is 2.38 bits per heavy atom. The zero-order valence-corrected chi connectivity index (χ0v) is 17.2. The van der Waals surface area contributed by atoms with E-state index < -0.39 is 10.0 Å². The number of carbonyl (C=O) groups excluding carboxylic acids is 1. The number of Topliss-reactive ketones (excluding diaryl/α,β-unsaturated/α-hetero) is 1. The molecule has 0 N–H and O–H groups in total. The molecule has 0 atom stereocenters. The first kappa shape index (κ1) is 19.8. The molecule has 2 aromatic carbocycles. The van der Waals surface area contributed by atoms with Crippen molar-refractivity contribution in [2.75, 3.05) is 18.8 Å². The minimum Gasteiger partial charge on any atom is -0.411 e. The van der Waals surface area contributed by atoms with Gasteiger partial charge in [-0.05, 0) is 37.1 Å². The van der Waals surface area contributed by atoms with Gasteiger partial charge in [0.15, 0.2) is 5.78 Å². The second-order valence-corrected chi connectivity index (χ2v) is 9.45. The van der Waals surface area contributed by atoms with Crippen LogP contribution in [0.1, 0.15) is 23.2 Å². The summed E-state index contributed by atoms with van der Waals surface area (Å²) in [5.74, 6) is 0.454. The Kier molecular flexibility index (Phi) is 5.79. The van der Waals surface area contributed by atoms with Gasteiger partial charge in [-0.2, -0.15) is 4.31 Å². The molecule has 29 heavy (non-hydrogen) atoms. The van der Waals surface area contributed by atoms with E-state index in [-0.39, 0.29) is 27.5 Å². The lowest BCUT2D eigenvalue weighted by Crippen LogP contribution is -2.27. The van der Waals surface area contributed by atoms with Gasteiger partial charge in [-0.1, -0.05) is 42.1 Å². The lowest BCUT2D eigenvalue weighted by molar-refractivity contribution is 0.102. The molecule has 9 heteroatoms. The molecule has 0 amide bonds. The third kappa shape index (κ3) is 4.42. The van der Waals surface area contributed by atoms with Crippen molar-refractivity contribution in [3.8, 4) is 11.5 Å². The number of sulfonamides is 1. The fourth-order valence-corrected chi connectivity index (χ4v) is 5.24.